The maximum atomic E-state index is 12.8. The summed E-state index contributed by atoms with van der Waals surface area (Å²) in [6.45, 7) is 6.91. The molecule has 2 aromatic rings. The zero-order valence-corrected chi connectivity index (χ0v) is 14.4. The first-order valence-corrected chi connectivity index (χ1v) is 8.57. The lowest BCUT2D eigenvalue weighted by Gasteiger charge is -2.32. The smallest absolute Gasteiger partial charge is 0.265 e. The molecule has 1 aliphatic rings. The van der Waals surface area contributed by atoms with E-state index in [0.717, 1.165) is 40.7 Å². The van der Waals surface area contributed by atoms with Crippen molar-refractivity contribution in [1.82, 2.24) is 19.9 Å². The first-order valence-electron chi connectivity index (χ1n) is 7.75. The van der Waals surface area contributed by atoms with Crippen LogP contribution in [0.4, 0.5) is 0 Å². The highest BCUT2D eigenvalue weighted by Gasteiger charge is 2.28. The molecule has 23 heavy (non-hydrogen) atoms. The van der Waals surface area contributed by atoms with Gasteiger partial charge in [-0.3, -0.25) is 9.59 Å². The Morgan fingerprint density at radius 1 is 1.35 bits per heavy atom. The minimum absolute atomic E-state index is 0.0411. The normalized spacial score (nSPS) is 18.2. The molecule has 1 aliphatic heterocycles. The molecule has 3 rings (SSSR count). The third-order valence-corrected chi connectivity index (χ3v) is 5.17. The Labute approximate surface area is 138 Å². The Balaban J connectivity index is 1.82. The van der Waals surface area contributed by atoms with Gasteiger partial charge in [0.2, 0.25) is 0 Å². The molecule has 0 unspecified atom stereocenters. The minimum atomic E-state index is -0.134. The summed E-state index contributed by atoms with van der Waals surface area (Å²) in [6, 6.07) is 1.55. The highest BCUT2D eigenvalue weighted by molar-refractivity contribution is 7.13. The van der Waals surface area contributed by atoms with Gasteiger partial charge in [-0.15, -0.1) is 11.3 Å². The average Bonchev–Trinajstić information content (AvgIpc) is 2.84. The molecule has 1 saturated heterocycles. The minimum Gasteiger partial charge on any atom is -0.337 e. The van der Waals surface area contributed by atoms with Gasteiger partial charge in [0.25, 0.3) is 11.5 Å². The van der Waals surface area contributed by atoms with Crippen molar-refractivity contribution in [2.45, 2.75) is 39.5 Å². The lowest BCUT2D eigenvalue weighted by Crippen LogP contribution is -2.39. The van der Waals surface area contributed by atoms with E-state index in [4.69, 9.17) is 0 Å². The number of nitrogens with one attached hydrogen (secondary N) is 1. The maximum Gasteiger partial charge on any atom is 0.265 e. The van der Waals surface area contributed by atoms with Crippen LogP contribution in [0, 0.1) is 20.8 Å². The predicted octanol–water partition coefficient (Wildman–Crippen LogP) is 2.17. The lowest BCUT2D eigenvalue weighted by molar-refractivity contribution is 0.0710. The third kappa shape index (κ3) is 3.34. The van der Waals surface area contributed by atoms with E-state index >= 15 is 0 Å². The average molecular weight is 332 g/mol. The van der Waals surface area contributed by atoms with Crippen LogP contribution in [0.3, 0.4) is 0 Å². The zero-order chi connectivity index (χ0) is 16.6. The molecule has 0 radical (unpaired) electrons. The molecule has 1 fully saturated rings. The van der Waals surface area contributed by atoms with E-state index in [-0.39, 0.29) is 17.4 Å². The van der Waals surface area contributed by atoms with Crippen LogP contribution in [-0.4, -0.2) is 38.8 Å². The quantitative estimate of drug-likeness (QED) is 0.914. The van der Waals surface area contributed by atoms with Gasteiger partial charge >= 0.3 is 0 Å². The number of thiazole rings is 1. The van der Waals surface area contributed by atoms with Crippen LogP contribution in [0.2, 0.25) is 0 Å². The number of carbonyl (C=O) groups is 1. The van der Waals surface area contributed by atoms with E-state index < -0.39 is 0 Å². The standard InChI is InChI=1S/C16H20N4O2S/c1-9-15(23-11(3)17-9)16(22)20-6-4-5-12(8-20)13-7-14(21)19-10(2)18-13/h7,12H,4-6,8H2,1-3H3,(H,18,19,21)/t12-/m0/s1. The van der Waals surface area contributed by atoms with E-state index in [1.807, 2.05) is 18.7 Å². The molecule has 1 atom stereocenters. The number of aryl methyl sites for hydroxylation is 3. The highest BCUT2D eigenvalue weighted by atomic mass is 32.1. The predicted molar refractivity (Wildman–Crippen MR) is 89.1 cm³/mol. The van der Waals surface area contributed by atoms with Gasteiger partial charge in [-0.1, -0.05) is 0 Å². The second-order valence-electron chi connectivity index (χ2n) is 5.99. The number of carbonyl (C=O) groups excluding carboxylic acids is 1. The van der Waals surface area contributed by atoms with Crippen molar-refractivity contribution in [3.8, 4) is 0 Å². The van der Waals surface area contributed by atoms with Crippen molar-refractivity contribution in [2.75, 3.05) is 13.1 Å². The van der Waals surface area contributed by atoms with Crippen LogP contribution < -0.4 is 5.56 Å². The Hall–Kier alpha value is -2.02. The van der Waals surface area contributed by atoms with Gasteiger partial charge in [-0.05, 0) is 33.6 Å². The largest absolute Gasteiger partial charge is 0.337 e. The molecule has 122 valence electrons. The fourth-order valence-corrected chi connectivity index (χ4v) is 3.98. The Morgan fingerprint density at radius 2 is 2.13 bits per heavy atom. The van der Waals surface area contributed by atoms with Crippen LogP contribution >= 0.6 is 11.3 Å². The number of aromatic nitrogens is 3. The number of amides is 1. The maximum absolute atomic E-state index is 12.8. The third-order valence-electron chi connectivity index (χ3n) is 4.10. The molecule has 6 nitrogen and oxygen atoms in total. The fourth-order valence-electron chi connectivity index (χ4n) is 3.09. The second kappa shape index (κ2) is 6.23. The number of H-pyrrole nitrogens is 1. The first kappa shape index (κ1) is 15.9. The molecule has 1 N–H and O–H groups in total. The molecule has 2 aromatic heterocycles. The van der Waals surface area contributed by atoms with E-state index in [2.05, 4.69) is 15.0 Å². The van der Waals surface area contributed by atoms with Gasteiger partial charge < -0.3 is 9.88 Å². The summed E-state index contributed by atoms with van der Waals surface area (Å²) >= 11 is 1.45. The molecule has 3 heterocycles. The number of rotatable bonds is 2. The molecular formula is C16H20N4O2S. The van der Waals surface area contributed by atoms with Gasteiger partial charge in [-0.25, -0.2) is 9.97 Å². The van der Waals surface area contributed by atoms with Crippen LogP contribution in [0.5, 0.6) is 0 Å². The lowest BCUT2D eigenvalue weighted by atomic mass is 9.94. The van der Waals surface area contributed by atoms with E-state index in [9.17, 15) is 9.59 Å². The summed E-state index contributed by atoms with van der Waals surface area (Å²) in [6.07, 6.45) is 1.86. The number of piperidine rings is 1. The summed E-state index contributed by atoms with van der Waals surface area (Å²) < 4.78 is 0. The molecule has 0 bridgehead atoms. The number of hydrogen-bond donors (Lipinski definition) is 1. The van der Waals surface area contributed by atoms with Gasteiger partial charge in [0, 0.05) is 25.1 Å². The molecule has 0 spiro atoms. The van der Waals surface area contributed by atoms with E-state index in [0.29, 0.717) is 12.4 Å². The van der Waals surface area contributed by atoms with Gasteiger partial charge in [0.15, 0.2) is 0 Å². The highest BCUT2D eigenvalue weighted by Crippen LogP contribution is 2.27. The van der Waals surface area contributed by atoms with Gasteiger partial charge in [0.05, 0.1) is 16.4 Å². The van der Waals surface area contributed by atoms with E-state index in [1.165, 1.54) is 11.3 Å². The summed E-state index contributed by atoms with van der Waals surface area (Å²) in [4.78, 5) is 38.4. The van der Waals surface area contributed by atoms with Crippen molar-refractivity contribution in [2.24, 2.45) is 0 Å². The van der Waals surface area contributed by atoms with Crippen LogP contribution in [0.15, 0.2) is 10.9 Å². The SMILES string of the molecule is Cc1nc([C@H]2CCCN(C(=O)c3sc(C)nc3C)C2)cc(=O)[nH]1. The zero-order valence-electron chi connectivity index (χ0n) is 13.5. The summed E-state index contributed by atoms with van der Waals surface area (Å²) in [5.41, 5.74) is 1.44. The Morgan fingerprint density at radius 3 is 2.78 bits per heavy atom. The van der Waals surface area contributed by atoms with Crippen molar-refractivity contribution in [1.29, 1.82) is 0 Å². The van der Waals surface area contributed by atoms with Crippen LogP contribution in [0.25, 0.3) is 0 Å². The monoisotopic (exact) mass is 332 g/mol. The van der Waals surface area contributed by atoms with Crippen molar-refractivity contribution < 1.29 is 4.79 Å². The molecule has 7 heteroatoms. The molecular weight excluding hydrogens is 312 g/mol. The van der Waals surface area contributed by atoms with E-state index in [1.54, 1.807) is 13.0 Å². The summed E-state index contributed by atoms with van der Waals surface area (Å²) in [5.74, 6) is 0.771. The van der Waals surface area contributed by atoms with Gasteiger partial charge in [-0.2, -0.15) is 0 Å². The van der Waals surface area contributed by atoms with Crippen LogP contribution in [-0.2, 0) is 0 Å². The number of nitrogens with zero attached hydrogens (tertiary/aromatic N) is 3. The van der Waals surface area contributed by atoms with Gasteiger partial charge in [0.1, 0.15) is 10.7 Å². The second-order valence-corrected chi connectivity index (χ2v) is 7.20. The fraction of sp³-hybridized carbons (Fsp3) is 0.500. The first-order chi connectivity index (χ1) is 10.9. The topological polar surface area (TPSA) is 79.0 Å². The Kier molecular flexibility index (Phi) is 4.30. The van der Waals surface area contributed by atoms with Crippen molar-refractivity contribution >= 4 is 17.2 Å². The Bertz CT molecular complexity index is 796. The molecule has 1 amide bonds. The summed E-state index contributed by atoms with van der Waals surface area (Å²) in [7, 11) is 0. The number of aromatic amines is 1. The summed E-state index contributed by atoms with van der Waals surface area (Å²) in [5, 5.41) is 0.909. The van der Waals surface area contributed by atoms with Crippen molar-refractivity contribution in [3.63, 3.8) is 0 Å². The number of hydrogen-bond acceptors (Lipinski definition) is 5. The number of likely N-dealkylation sites (tertiary alicyclic amines) is 1. The molecule has 0 saturated carbocycles. The molecule has 0 aromatic carbocycles. The molecule has 0 aliphatic carbocycles. The van der Waals surface area contributed by atoms with Crippen LogP contribution in [0.1, 0.15) is 50.7 Å². The van der Waals surface area contributed by atoms with Crippen molar-refractivity contribution in [3.05, 3.63) is 43.5 Å².